The van der Waals surface area contributed by atoms with Crippen molar-refractivity contribution in [1.82, 2.24) is 0 Å². The molecule has 0 bridgehead atoms. The average molecular weight is 312 g/mol. The number of carbonyl (C=O) groups excluding carboxylic acids is 1. The van der Waals surface area contributed by atoms with Crippen molar-refractivity contribution in [3.63, 3.8) is 0 Å². The second-order valence-electron chi connectivity index (χ2n) is 6.85. The van der Waals surface area contributed by atoms with Gasteiger partial charge in [0, 0.05) is 0 Å². The van der Waals surface area contributed by atoms with Gasteiger partial charge in [0.15, 0.2) is 0 Å². The minimum absolute atomic E-state index is 0.0338. The first-order valence-electron chi connectivity index (χ1n) is 9.58. The molecular weight excluding hydrogens is 276 g/mol. The smallest absolute Gasteiger partial charge is 0.308 e. The molecule has 0 aromatic heterocycles. The summed E-state index contributed by atoms with van der Waals surface area (Å²) in [5.74, 6) is -0.00524. The van der Waals surface area contributed by atoms with Gasteiger partial charge in [-0.15, -0.1) is 0 Å². The first-order valence-corrected chi connectivity index (χ1v) is 9.58. The van der Waals surface area contributed by atoms with Crippen LogP contribution >= 0.6 is 0 Å². The predicted octanol–water partition coefficient (Wildman–Crippen LogP) is 5.00. The van der Waals surface area contributed by atoms with E-state index in [1.165, 1.54) is 57.8 Å². The average Bonchev–Trinajstić information content (AvgIpc) is 2.53. The van der Waals surface area contributed by atoms with Crippen LogP contribution in [0.3, 0.4) is 0 Å². The predicted molar refractivity (Wildman–Crippen MR) is 90.8 cm³/mol. The third kappa shape index (κ3) is 9.45. The summed E-state index contributed by atoms with van der Waals surface area (Å²) in [4.78, 5) is 11.9. The summed E-state index contributed by atoms with van der Waals surface area (Å²) in [5.41, 5.74) is 0. The van der Waals surface area contributed by atoms with Crippen LogP contribution in [0.25, 0.3) is 0 Å². The Morgan fingerprint density at radius 2 is 1.36 bits per heavy atom. The van der Waals surface area contributed by atoms with Crippen molar-refractivity contribution in [3.05, 3.63) is 0 Å². The van der Waals surface area contributed by atoms with Gasteiger partial charge in [0.05, 0.1) is 18.6 Å². The molecule has 1 fully saturated rings. The van der Waals surface area contributed by atoms with Gasteiger partial charge >= 0.3 is 5.97 Å². The van der Waals surface area contributed by atoms with Crippen molar-refractivity contribution < 1.29 is 14.6 Å². The zero-order valence-electron chi connectivity index (χ0n) is 14.5. The minimum Gasteiger partial charge on any atom is -0.465 e. The van der Waals surface area contributed by atoms with Crippen LogP contribution in [-0.4, -0.2) is 23.8 Å². The molecule has 1 saturated carbocycles. The van der Waals surface area contributed by atoms with E-state index >= 15 is 0 Å². The summed E-state index contributed by atoms with van der Waals surface area (Å²) >= 11 is 0. The lowest BCUT2D eigenvalue weighted by molar-refractivity contribution is -0.150. The number of esters is 1. The van der Waals surface area contributed by atoms with Gasteiger partial charge in [-0.25, -0.2) is 0 Å². The molecule has 22 heavy (non-hydrogen) atoms. The van der Waals surface area contributed by atoms with E-state index in [9.17, 15) is 9.90 Å². The molecule has 0 aromatic rings. The summed E-state index contributed by atoms with van der Waals surface area (Å²) in [6.07, 6.45) is 15.8. The molecule has 3 nitrogen and oxygen atoms in total. The van der Waals surface area contributed by atoms with Gasteiger partial charge in [-0.2, -0.15) is 0 Å². The van der Waals surface area contributed by atoms with Gasteiger partial charge in [0.2, 0.25) is 0 Å². The fraction of sp³-hybridized carbons (Fsp3) is 0.947. The maximum absolute atomic E-state index is 11.9. The number of carbonyl (C=O) groups is 1. The molecule has 0 heterocycles. The van der Waals surface area contributed by atoms with Crippen molar-refractivity contribution in [2.45, 2.75) is 103 Å². The Kier molecular flexibility index (Phi) is 11.4. The molecule has 0 aromatic carbocycles. The molecule has 130 valence electrons. The van der Waals surface area contributed by atoms with Gasteiger partial charge in [0.1, 0.15) is 0 Å². The van der Waals surface area contributed by atoms with Gasteiger partial charge in [-0.05, 0) is 32.1 Å². The number of aliphatic hydroxyl groups excluding tert-OH is 1. The fourth-order valence-corrected chi connectivity index (χ4v) is 3.19. The topological polar surface area (TPSA) is 46.5 Å². The van der Waals surface area contributed by atoms with Crippen LogP contribution in [-0.2, 0) is 9.53 Å². The van der Waals surface area contributed by atoms with Crippen molar-refractivity contribution >= 4 is 5.97 Å². The fourth-order valence-electron chi connectivity index (χ4n) is 3.19. The monoisotopic (exact) mass is 312 g/mol. The summed E-state index contributed by atoms with van der Waals surface area (Å²) in [6.45, 7) is 2.83. The quantitative estimate of drug-likeness (QED) is 0.407. The Labute approximate surface area is 136 Å². The molecule has 1 aliphatic rings. The number of unbranched alkanes of at least 4 members (excludes halogenated alkanes) is 9. The van der Waals surface area contributed by atoms with E-state index in [-0.39, 0.29) is 18.0 Å². The van der Waals surface area contributed by atoms with Crippen LogP contribution in [0.4, 0.5) is 0 Å². The lowest BCUT2D eigenvalue weighted by atomic mass is 9.87. The molecule has 0 aliphatic heterocycles. The van der Waals surface area contributed by atoms with E-state index in [1.54, 1.807) is 0 Å². The Morgan fingerprint density at radius 1 is 0.864 bits per heavy atom. The van der Waals surface area contributed by atoms with E-state index in [2.05, 4.69) is 6.92 Å². The van der Waals surface area contributed by atoms with Crippen LogP contribution in [0.5, 0.6) is 0 Å². The number of hydrogen-bond acceptors (Lipinski definition) is 3. The third-order valence-electron chi connectivity index (χ3n) is 4.77. The highest BCUT2D eigenvalue weighted by molar-refractivity contribution is 5.72. The van der Waals surface area contributed by atoms with Gasteiger partial charge in [-0.1, -0.05) is 64.7 Å². The first-order chi connectivity index (χ1) is 10.7. The summed E-state index contributed by atoms with van der Waals surface area (Å²) in [6, 6.07) is 0. The normalized spacial score (nSPS) is 21.7. The maximum atomic E-state index is 11.9. The van der Waals surface area contributed by atoms with E-state index < -0.39 is 0 Å². The zero-order valence-corrected chi connectivity index (χ0v) is 14.5. The number of rotatable bonds is 12. The molecule has 1 rings (SSSR count). The minimum atomic E-state index is -0.203. The molecule has 1 N–H and O–H groups in total. The highest BCUT2D eigenvalue weighted by atomic mass is 16.5. The largest absolute Gasteiger partial charge is 0.465 e. The molecule has 1 aliphatic carbocycles. The van der Waals surface area contributed by atoms with Crippen LogP contribution in [0.15, 0.2) is 0 Å². The Bertz CT molecular complexity index is 270. The Hall–Kier alpha value is -0.570. The SMILES string of the molecule is CCCCCCCCCCCCOC(=O)C1CCC(O)CC1. The van der Waals surface area contributed by atoms with Crippen molar-refractivity contribution in [2.75, 3.05) is 6.61 Å². The molecule has 0 spiro atoms. The van der Waals surface area contributed by atoms with Gasteiger partial charge in [0.25, 0.3) is 0 Å². The van der Waals surface area contributed by atoms with Crippen molar-refractivity contribution in [2.24, 2.45) is 5.92 Å². The molecule has 0 amide bonds. The lowest BCUT2D eigenvalue weighted by Crippen LogP contribution is -2.26. The maximum Gasteiger partial charge on any atom is 0.308 e. The van der Waals surface area contributed by atoms with Gasteiger partial charge < -0.3 is 9.84 Å². The van der Waals surface area contributed by atoms with Gasteiger partial charge in [-0.3, -0.25) is 4.79 Å². The van der Waals surface area contributed by atoms with E-state index in [0.29, 0.717) is 6.61 Å². The van der Waals surface area contributed by atoms with E-state index in [0.717, 1.165) is 32.1 Å². The second kappa shape index (κ2) is 12.9. The van der Waals surface area contributed by atoms with Crippen LogP contribution in [0, 0.1) is 5.92 Å². The van der Waals surface area contributed by atoms with Crippen molar-refractivity contribution in [1.29, 1.82) is 0 Å². The molecule has 0 radical (unpaired) electrons. The van der Waals surface area contributed by atoms with E-state index in [1.807, 2.05) is 0 Å². The lowest BCUT2D eigenvalue weighted by Gasteiger charge is -2.23. The second-order valence-corrected chi connectivity index (χ2v) is 6.85. The first kappa shape index (κ1) is 19.5. The molecule has 0 saturated heterocycles. The van der Waals surface area contributed by atoms with Crippen LogP contribution in [0.2, 0.25) is 0 Å². The Morgan fingerprint density at radius 3 is 1.91 bits per heavy atom. The van der Waals surface area contributed by atoms with E-state index in [4.69, 9.17) is 4.74 Å². The summed E-state index contributed by atoms with van der Waals surface area (Å²) in [7, 11) is 0. The highest BCUT2D eigenvalue weighted by Gasteiger charge is 2.26. The standard InChI is InChI=1S/C19H36O3/c1-2-3-4-5-6-7-8-9-10-11-16-22-19(21)17-12-14-18(20)15-13-17/h17-18,20H,2-16H2,1H3. The number of aliphatic hydroxyl groups is 1. The van der Waals surface area contributed by atoms with Crippen molar-refractivity contribution in [3.8, 4) is 0 Å². The van der Waals surface area contributed by atoms with Crippen LogP contribution < -0.4 is 0 Å². The number of ether oxygens (including phenoxy) is 1. The highest BCUT2D eigenvalue weighted by Crippen LogP contribution is 2.25. The molecular formula is C19H36O3. The van der Waals surface area contributed by atoms with Crippen LogP contribution in [0.1, 0.15) is 96.8 Å². The molecule has 3 heteroatoms. The Balaban J connectivity index is 1.84. The molecule has 0 unspecified atom stereocenters. The third-order valence-corrected chi connectivity index (χ3v) is 4.77. The molecule has 0 atom stereocenters. The number of hydrogen-bond donors (Lipinski definition) is 1. The summed E-state index contributed by atoms with van der Waals surface area (Å²) < 4.78 is 5.37. The zero-order chi connectivity index (χ0) is 16.0. The summed E-state index contributed by atoms with van der Waals surface area (Å²) in [5, 5.41) is 9.43.